The Morgan fingerprint density at radius 2 is 2.04 bits per heavy atom. The molecule has 1 aliphatic rings. The highest BCUT2D eigenvalue weighted by Gasteiger charge is 2.23. The quantitative estimate of drug-likeness (QED) is 0.504. The summed E-state index contributed by atoms with van der Waals surface area (Å²) in [6.45, 7) is 3.08. The normalized spacial score (nSPS) is 14.5. The molecule has 0 N–H and O–H groups in total. The molecule has 0 unspecified atom stereocenters. The summed E-state index contributed by atoms with van der Waals surface area (Å²) in [7, 11) is 1.61. The number of hydrogen-bond acceptors (Lipinski definition) is 5. The molecule has 3 aromatic rings. The van der Waals surface area contributed by atoms with E-state index in [4.69, 9.17) is 16.3 Å². The van der Waals surface area contributed by atoms with Gasteiger partial charge in [0.1, 0.15) is 16.0 Å². The van der Waals surface area contributed by atoms with Crippen LogP contribution >= 0.6 is 34.2 Å². The van der Waals surface area contributed by atoms with Crippen molar-refractivity contribution in [3.63, 3.8) is 0 Å². The van der Waals surface area contributed by atoms with Crippen LogP contribution < -0.4 is 9.64 Å². The molecule has 4 rings (SSSR count). The smallest absolute Gasteiger partial charge is 0.244 e. The molecule has 0 bridgehead atoms. The Morgan fingerprint density at radius 3 is 2.75 bits per heavy atom. The lowest BCUT2D eigenvalue weighted by atomic mass is 10.2. The lowest BCUT2D eigenvalue weighted by Crippen LogP contribution is -2.49. The third-order valence-corrected chi connectivity index (χ3v) is 6.32. The monoisotopic (exact) mass is 511 g/mol. The van der Waals surface area contributed by atoms with Gasteiger partial charge in [-0.05, 0) is 46.9 Å². The zero-order valence-corrected chi connectivity index (χ0v) is 18.2. The molecule has 0 aliphatic carbocycles. The first kappa shape index (κ1) is 19.3. The second-order valence-corrected chi connectivity index (χ2v) is 7.94. The van der Waals surface area contributed by atoms with Crippen LogP contribution in [0.1, 0.15) is 0 Å². The Balaban J connectivity index is 1.40. The van der Waals surface area contributed by atoms with Gasteiger partial charge in [-0.2, -0.15) is 5.10 Å². The number of nitrogens with zero attached hydrogens (tertiary/aromatic N) is 5. The summed E-state index contributed by atoms with van der Waals surface area (Å²) in [5.74, 6) is 0.727. The summed E-state index contributed by atoms with van der Waals surface area (Å²) in [4.78, 5) is 21.2. The molecule has 146 valence electrons. The van der Waals surface area contributed by atoms with Gasteiger partial charge in [0, 0.05) is 44.1 Å². The molecule has 3 heterocycles. The Morgan fingerprint density at radius 1 is 1.25 bits per heavy atom. The largest absolute Gasteiger partial charge is 0.495 e. The zero-order chi connectivity index (χ0) is 19.7. The SMILES string of the molecule is COc1cc(N2CCN(C(=O)Cn3nc4ncccc4c3I)CC2)ccc1Cl. The Kier molecular flexibility index (Phi) is 5.58. The number of aromatic nitrogens is 3. The number of benzene rings is 1. The van der Waals surface area contributed by atoms with Crippen molar-refractivity contribution in [3.8, 4) is 5.75 Å². The number of carbonyl (C=O) groups excluding carboxylic acids is 1. The number of pyridine rings is 1. The number of fused-ring (bicyclic) bond motifs is 1. The van der Waals surface area contributed by atoms with E-state index < -0.39 is 0 Å². The highest BCUT2D eigenvalue weighted by molar-refractivity contribution is 14.1. The Bertz CT molecular complexity index is 1020. The van der Waals surface area contributed by atoms with Crippen molar-refractivity contribution in [1.82, 2.24) is 19.7 Å². The average molecular weight is 512 g/mol. The van der Waals surface area contributed by atoms with Crippen molar-refractivity contribution in [2.24, 2.45) is 0 Å². The number of amides is 1. The van der Waals surface area contributed by atoms with E-state index in [1.54, 1.807) is 18.0 Å². The third kappa shape index (κ3) is 3.75. The van der Waals surface area contributed by atoms with Gasteiger partial charge in [0.2, 0.25) is 5.91 Å². The number of hydrogen-bond donors (Lipinski definition) is 0. The highest BCUT2D eigenvalue weighted by atomic mass is 127. The van der Waals surface area contributed by atoms with E-state index in [2.05, 4.69) is 37.6 Å². The summed E-state index contributed by atoms with van der Waals surface area (Å²) in [6, 6.07) is 9.60. The molecule has 1 aliphatic heterocycles. The molecule has 0 spiro atoms. The van der Waals surface area contributed by atoms with E-state index in [0.29, 0.717) is 29.5 Å². The standard InChI is InChI=1S/C19H19ClIN5O2/c1-28-16-11-13(4-5-15(16)20)24-7-9-25(10-8-24)17(27)12-26-18(21)14-3-2-6-22-19(14)23-26/h2-6,11H,7-10,12H2,1H3. The molecule has 0 atom stereocenters. The Hall–Kier alpha value is -2.07. The molecular weight excluding hydrogens is 493 g/mol. The van der Waals surface area contributed by atoms with Gasteiger partial charge in [-0.1, -0.05) is 11.6 Å². The van der Waals surface area contributed by atoms with Gasteiger partial charge >= 0.3 is 0 Å². The maximum absolute atomic E-state index is 12.8. The fourth-order valence-electron chi connectivity index (χ4n) is 3.33. The first-order valence-corrected chi connectivity index (χ1v) is 10.4. The number of rotatable bonds is 4. The third-order valence-electron chi connectivity index (χ3n) is 4.87. The molecule has 7 nitrogen and oxygen atoms in total. The maximum atomic E-state index is 12.8. The molecule has 1 saturated heterocycles. The van der Waals surface area contributed by atoms with Crippen LogP contribution in [0.25, 0.3) is 11.0 Å². The number of piperazine rings is 1. The van der Waals surface area contributed by atoms with Crippen LogP contribution in [0.2, 0.25) is 5.02 Å². The Labute approximate surface area is 181 Å². The fraction of sp³-hybridized carbons (Fsp3) is 0.316. The van der Waals surface area contributed by atoms with Gasteiger partial charge in [0.05, 0.1) is 17.5 Å². The summed E-state index contributed by atoms with van der Waals surface area (Å²) in [5, 5.41) is 6.01. The summed E-state index contributed by atoms with van der Waals surface area (Å²) in [6.07, 6.45) is 1.71. The lowest BCUT2D eigenvalue weighted by Gasteiger charge is -2.36. The van der Waals surface area contributed by atoms with E-state index in [0.717, 1.165) is 27.9 Å². The molecule has 1 amide bonds. The molecule has 1 fully saturated rings. The minimum absolute atomic E-state index is 0.0686. The van der Waals surface area contributed by atoms with E-state index in [1.165, 1.54) is 0 Å². The maximum Gasteiger partial charge on any atom is 0.244 e. The molecular formula is C19H19ClIN5O2. The highest BCUT2D eigenvalue weighted by Crippen LogP contribution is 2.29. The van der Waals surface area contributed by atoms with Crippen LogP contribution in [0.4, 0.5) is 5.69 Å². The molecule has 9 heteroatoms. The van der Waals surface area contributed by atoms with Crippen LogP contribution in [0.5, 0.6) is 5.75 Å². The van der Waals surface area contributed by atoms with E-state index in [-0.39, 0.29) is 12.5 Å². The van der Waals surface area contributed by atoms with Crippen molar-refractivity contribution in [2.45, 2.75) is 6.54 Å². The molecule has 2 aromatic heterocycles. The van der Waals surface area contributed by atoms with Crippen molar-refractivity contribution in [2.75, 3.05) is 38.2 Å². The second-order valence-electron chi connectivity index (χ2n) is 6.51. The summed E-state index contributed by atoms with van der Waals surface area (Å²) >= 11 is 8.33. The van der Waals surface area contributed by atoms with Crippen LogP contribution in [0.3, 0.4) is 0 Å². The average Bonchev–Trinajstić information content (AvgIpc) is 3.04. The van der Waals surface area contributed by atoms with Gasteiger partial charge < -0.3 is 14.5 Å². The topological polar surface area (TPSA) is 63.5 Å². The first-order valence-electron chi connectivity index (χ1n) is 8.90. The van der Waals surface area contributed by atoms with E-state index in [9.17, 15) is 4.79 Å². The molecule has 0 saturated carbocycles. The van der Waals surface area contributed by atoms with Crippen molar-refractivity contribution < 1.29 is 9.53 Å². The number of ether oxygens (including phenoxy) is 1. The van der Waals surface area contributed by atoms with Gasteiger partial charge in [-0.15, -0.1) is 0 Å². The van der Waals surface area contributed by atoms with E-state index >= 15 is 0 Å². The predicted molar refractivity (Wildman–Crippen MR) is 117 cm³/mol. The van der Waals surface area contributed by atoms with Gasteiger partial charge in [0.25, 0.3) is 0 Å². The number of methoxy groups -OCH3 is 1. The molecule has 0 radical (unpaired) electrons. The summed E-state index contributed by atoms with van der Waals surface area (Å²) in [5.41, 5.74) is 1.72. The number of anilines is 1. The minimum Gasteiger partial charge on any atom is -0.495 e. The fourth-order valence-corrected chi connectivity index (χ4v) is 4.22. The zero-order valence-electron chi connectivity index (χ0n) is 15.3. The van der Waals surface area contributed by atoms with Crippen LogP contribution in [0, 0.1) is 3.70 Å². The second kappa shape index (κ2) is 8.12. The van der Waals surface area contributed by atoms with Crippen molar-refractivity contribution in [3.05, 3.63) is 45.3 Å². The minimum atomic E-state index is 0.0686. The lowest BCUT2D eigenvalue weighted by molar-refractivity contribution is -0.132. The van der Waals surface area contributed by atoms with E-state index in [1.807, 2.05) is 35.2 Å². The van der Waals surface area contributed by atoms with Crippen LogP contribution in [-0.2, 0) is 11.3 Å². The van der Waals surface area contributed by atoms with Gasteiger partial charge in [-0.3, -0.25) is 4.79 Å². The van der Waals surface area contributed by atoms with Crippen molar-refractivity contribution >= 4 is 56.8 Å². The molecule has 28 heavy (non-hydrogen) atoms. The number of halogens is 2. The van der Waals surface area contributed by atoms with Gasteiger partial charge in [0.15, 0.2) is 5.65 Å². The van der Waals surface area contributed by atoms with Gasteiger partial charge in [-0.25, -0.2) is 9.67 Å². The summed E-state index contributed by atoms with van der Waals surface area (Å²) < 4.78 is 7.96. The molecule has 1 aromatic carbocycles. The number of carbonyl (C=O) groups is 1. The van der Waals surface area contributed by atoms with Crippen LogP contribution in [-0.4, -0.2) is 58.9 Å². The predicted octanol–water partition coefficient (Wildman–Crippen LogP) is 3.05. The van der Waals surface area contributed by atoms with Crippen LogP contribution in [0.15, 0.2) is 36.5 Å². The van der Waals surface area contributed by atoms with Crippen molar-refractivity contribution in [1.29, 1.82) is 0 Å². The first-order chi connectivity index (χ1) is 13.6.